The molecule has 3 rings (SSSR count). The van der Waals surface area contributed by atoms with E-state index < -0.39 is 0 Å². The molecule has 0 bridgehead atoms. The lowest BCUT2D eigenvalue weighted by Gasteiger charge is -2.34. The van der Waals surface area contributed by atoms with Crippen molar-refractivity contribution in [3.8, 4) is 0 Å². The van der Waals surface area contributed by atoms with E-state index in [0.717, 1.165) is 0 Å². The molecule has 9 nitrogen and oxygen atoms in total. The van der Waals surface area contributed by atoms with Gasteiger partial charge in [-0.05, 0) is 32.0 Å². The van der Waals surface area contributed by atoms with E-state index in [2.05, 4.69) is 15.3 Å². The Balaban J connectivity index is 1.65. The van der Waals surface area contributed by atoms with Crippen LogP contribution in [-0.2, 0) is 4.74 Å². The summed E-state index contributed by atoms with van der Waals surface area (Å²) in [7, 11) is 0. The van der Waals surface area contributed by atoms with Crippen LogP contribution in [0.4, 0.5) is 16.4 Å². The van der Waals surface area contributed by atoms with Crippen LogP contribution in [-0.4, -0.2) is 65.4 Å². The van der Waals surface area contributed by atoms with E-state index in [-0.39, 0.29) is 23.5 Å². The molecular formula is C20H23N5O4. The molecule has 1 aromatic heterocycles. The number of carbonyl (C=O) groups is 3. The predicted molar refractivity (Wildman–Crippen MR) is 107 cm³/mol. The summed E-state index contributed by atoms with van der Waals surface area (Å²) < 4.78 is 5.02. The zero-order valence-corrected chi connectivity index (χ0v) is 16.4. The summed E-state index contributed by atoms with van der Waals surface area (Å²) in [6.45, 7) is 5.67. The number of Topliss-reactive ketones (excluding diaryl/α,β-unsaturated/α-hetero) is 1. The van der Waals surface area contributed by atoms with Crippen LogP contribution in [0.5, 0.6) is 0 Å². The number of anilines is 2. The van der Waals surface area contributed by atoms with Crippen LogP contribution in [0.15, 0.2) is 36.5 Å². The Morgan fingerprint density at radius 1 is 1.14 bits per heavy atom. The normalized spacial score (nSPS) is 13.7. The van der Waals surface area contributed by atoms with E-state index in [1.54, 1.807) is 36.1 Å². The van der Waals surface area contributed by atoms with Crippen LogP contribution in [0.25, 0.3) is 0 Å². The Hall–Kier alpha value is -3.49. The Bertz CT molecular complexity index is 909. The molecule has 29 heavy (non-hydrogen) atoms. The van der Waals surface area contributed by atoms with Crippen LogP contribution in [0.3, 0.4) is 0 Å². The van der Waals surface area contributed by atoms with E-state index in [4.69, 9.17) is 4.74 Å². The second-order valence-electron chi connectivity index (χ2n) is 6.51. The highest BCUT2D eigenvalue weighted by Gasteiger charge is 2.24. The molecule has 2 amide bonds. The van der Waals surface area contributed by atoms with Gasteiger partial charge in [-0.1, -0.05) is 12.1 Å². The third kappa shape index (κ3) is 5.07. The molecule has 0 aliphatic carbocycles. The molecule has 2 heterocycles. The molecule has 152 valence electrons. The van der Waals surface area contributed by atoms with Crippen molar-refractivity contribution in [3.05, 3.63) is 47.8 Å². The third-order valence-corrected chi connectivity index (χ3v) is 4.49. The van der Waals surface area contributed by atoms with Gasteiger partial charge in [-0.15, -0.1) is 0 Å². The monoisotopic (exact) mass is 397 g/mol. The minimum Gasteiger partial charge on any atom is -0.450 e. The Morgan fingerprint density at radius 3 is 2.59 bits per heavy atom. The number of ketones is 1. The Kier molecular flexibility index (Phi) is 6.38. The lowest BCUT2D eigenvalue weighted by Crippen LogP contribution is -2.49. The summed E-state index contributed by atoms with van der Waals surface area (Å²) in [5, 5.41) is 2.75. The minimum absolute atomic E-state index is 0.0765. The highest BCUT2D eigenvalue weighted by atomic mass is 16.6. The fourth-order valence-electron chi connectivity index (χ4n) is 2.94. The largest absolute Gasteiger partial charge is 0.450 e. The van der Waals surface area contributed by atoms with E-state index in [0.29, 0.717) is 50.0 Å². The van der Waals surface area contributed by atoms with Crippen LogP contribution in [0.2, 0.25) is 0 Å². The smallest absolute Gasteiger partial charge is 0.409 e. The van der Waals surface area contributed by atoms with Crippen molar-refractivity contribution in [1.82, 2.24) is 14.9 Å². The second kappa shape index (κ2) is 9.13. The van der Waals surface area contributed by atoms with Gasteiger partial charge in [0.25, 0.3) is 5.91 Å². The van der Waals surface area contributed by atoms with Gasteiger partial charge in [0, 0.05) is 43.6 Å². The number of rotatable bonds is 5. The first-order chi connectivity index (χ1) is 14.0. The third-order valence-electron chi connectivity index (χ3n) is 4.49. The van der Waals surface area contributed by atoms with Crippen LogP contribution < -0.4 is 10.2 Å². The Labute approximate surface area is 168 Å². The summed E-state index contributed by atoms with van der Waals surface area (Å²) in [5.41, 5.74) is 1.26. The standard InChI is InChI=1S/C20H23N5O4/c1-3-29-20(28)25-11-9-24(10-12-25)19-21-8-7-17(23-19)18(27)22-16-6-4-5-15(13-16)14(2)26/h4-8,13H,3,9-12H2,1-2H3,(H,22,27). The fraction of sp³-hybridized carbons (Fsp3) is 0.350. The minimum atomic E-state index is -0.389. The summed E-state index contributed by atoms with van der Waals surface area (Å²) in [6, 6.07) is 8.26. The first kappa shape index (κ1) is 20.2. The van der Waals surface area contributed by atoms with Crippen molar-refractivity contribution in [2.24, 2.45) is 0 Å². The maximum Gasteiger partial charge on any atom is 0.409 e. The maximum absolute atomic E-state index is 12.6. The van der Waals surface area contributed by atoms with Crippen molar-refractivity contribution in [2.45, 2.75) is 13.8 Å². The summed E-state index contributed by atoms with van der Waals surface area (Å²) in [5.74, 6) is -0.0365. The molecule has 0 radical (unpaired) electrons. The van der Waals surface area contributed by atoms with Gasteiger partial charge >= 0.3 is 6.09 Å². The number of aromatic nitrogens is 2. The summed E-state index contributed by atoms with van der Waals surface area (Å²) in [4.78, 5) is 48.0. The van der Waals surface area contributed by atoms with E-state index in [1.165, 1.54) is 19.2 Å². The highest BCUT2D eigenvalue weighted by molar-refractivity contribution is 6.04. The lowest BCUT2D eigenvalue weighted by atomic mass is 10.1. The van der Waals surface area contributed by atoms with Crippen LogP contribution >= 0.6 is 0 Å². The maximum atomic E-state index is 12.6. The number of carbonyl (C=O) groups excluding carboxylic acids is 3. The SMILES string of the molecule is CCOC(=O)N1CCN(c2nccc(C(=O)Nc3cccc(C(C)=O)c3)n2)CC1. The van der Waals surface area contributed by atoms with E-state index in [9.17, 15) is 14.4 Å². The van der Waals surface area contributed by atoms with Crippen molar-refractivity contribution >= 4 is 29.4 Å². The lowest BCUT2D eigenvalue weighted by molar-refractivity contribution is 0.100. The molecule has 1 aromatic carbocycles. The van der Waals surface area contributed by atoms with Gasteiger partial charge in [-0.25, -0.2) is 14.8 Å². The number of nitrogens with zero attached hydrogens (tertiary/aromatic N) is 4. The predicted octanol–water partition coefficient (Wildman–Crippen LogP) is 2.21. The first-order valence-electron chi connectivity index (χ1n) is 9.40. The number of nitrogens with one attached hydrogen (secondary N) is 1. The number of benzene rings is 1. The van der Waals surface area contributed by atoms with Crippen LogP contribution in [0.1, 0.15) is 34.7 Å². The molecule has 2 aromatic rings. The summed E-state index contributed by atoms with van der Waals surface area (Å²) >= 11 is 0. The number of amides is 2. The van der Waals surface area contributed by atoms with Crippen molar-refractivity contribution < 1.29 is 19.1 Å². The topological polar surface area (TPSA) is 105 Å². The van der Waals surface area contributed by atoms with Gasteiger partial charge in [-0.3, -0.25) is 9.59 Å². The molecule has 0 unspecified atom stereocenters. The Morgan fingerprint density at radius 2 is 1.90 bits per heavy atom. The number of hydrogen-bond donors (Lipinski definition) is 1. The highest BCUT2D eigenvalue weighted by Crippen LogP contribution is 2.15. The molecule has 9 heteroatoms. The molecule has 1 N–H and O–H groups in total. The quantitative estimate of drug-likeness (QED) is 0.771. The van der Waals surface area contributed by atoms with Crippen molar-refractivity contribution in [3.63, 3.8) is 0 Å². The van der Waals surface area contributed by atoms with E-state index in [1.807, 2.05) is 4.90 Å². The number of piperazine rings is 1. The molecule has 1 saturated heterocycles. The van der Waals surface area contributed by atoms with Crippen molar-refractivity contribution in [1.29, 1.82) is 0 Å². The molecule has 0 atom stereocenters. The molecular weight excluding hydrogens is 374 g/mol. The number of ether oxygens (including phenoxy) is 1. The average Bonchev–Trinajstić information content (AvgIpc) is 2.74. The second-order valence-corrected chi connectivity index (χ2v) is 6.51. The van der Waals surface area contributed by atoms with Gasteiger partial charge < -0.3 is 19.9 Å². The zero-order chi connectivity index (χ0) is 20.8. The number of hydrogen-bond acceptors (Lipinski definition) is 7. The van der Waals surface area contributed by atoms with Gasteiger partial charge in [0.2, 0.25) is 5.95 Å². The first-order valence-corrected chi connectivity index (χ1v) is 9.40. The molecule has 1 aliphatic rings. The fourth-order valence-corrected chi connectivity index (χ4v) is 2.94. The van der Waals surface area contributed by atoms with Gasteiger partial charge in [0.15, 0.2) is 5.78 Å². The van der Waals surface area contributed by atoms with Crippen molar-refractivity contribution in [2.75, 3.05) is 43.0 Å². The molecule has 1 fully saturated rings. The molecule has 0 spiro atoms. The average molecular weight is 397 g/mol. The van der Waals surface area contributed by atoms with E-state index >= 15 is 0 Å². The summed E-state index contributed by atoms with van der Waals surface area (Å²) in [6.07, 6.45) is 1.20. The zero-order valence-electron chi connectivity index (χ0n) is 16.4. The van der Waals surface area contributed by atoms with Gasteiger partial charge in [0.05, 0.1) is 6.61 Å². The van der Waals surface area contributed by atoms with Gasteiger partial charge in [0.1, 0.15) is 5.69 Å². The van der Waals surface area contributed by atoms with Crippen LogP contribution in [0, 0.1) is 0 Å². The van der Waals surface area contributed by atoms with Gasteiger partial charge in [-0.2, -0.15) is 0 Å². The molecule has 0 saturated carbocycles. The molecule has 1 aliphatic heterocycles.